The van der Waals surface area contributed by atoms with Crippen molar-refractivity contribution >= 4 is 9.69 Å². The van der Waals surface area contributed by atoms with Gasteiger partial charge in [0.2, 0.25) is 0 Å². The first-order chi connectivity index (χ1) is 11.7. The minimum absolute atomic E-state index is 0.653. The van der Waals surface area contributed by atoms with Crippen LogP contribution in [0.15, 0.2) is 48.7 Å². The van der Waals surface area contributed by atoms with Gasteiger partial charge in [0, 0.05) is 6.20 Å². The van der Waals surface area contributed by atoms with Crippen molar-refractivity contribution in [2.45, 2.75) is 20.8 Å². The smallest absolute Gasteiger partial charge is 0.0160 e. The molecule has 0 atom stereocenters. The summed E-state index contributed by atoms with van der Waals surface area (Å²) in [6, 6.07) is 16.8. The summed E-state index contributed by atoms with van der Waals surface area (Å²) >= 11 is 1.82. The zero-order valence-corrected chi connectivity index (χ0v) is 16.7. The molecular weight excluding hydrogens is 403 g/mol. The van der Waals surface area contributed by atoms with Gasteiger partial charge in [-0.3, -0.25) is 0 Å². The number of pyridine rings is 1. The first kappa shape index (κ1) is 21.3. The fourth-order valence-corrected chi connectivity index (χ4v) is 2.03. The van der Waals surface area contributed by atoms with Crippen molar-refractivity contribution in [1.82, 2.24) is 4.98 Å². The summed E-state index contributed by atoms with van der Waals surface area (Å²) in [4.78, 5) is 4.22. The fourth-order valence-electron chi connectivity index (χ4n) is 2.03. The Bertz CT molecular complexity index is 485. The number of hydrogen-bond acceptors (Lipinski definition) is 1. The molecule has 0 N–H and O–H groups in total. The molecule has 1 aliphatic rings. The van der Waals surface area contributed by atoms with Gasteiger partial charge in [-0.05, 0) is 55.2 Å². The van der Waals surface area contributed by atoms with Gasteiger partial charge in [-0.1, -0.05) is 32.9 Å². The number of benzene rings is 1. The van der Waals surface area contributed by atoms with Crippen LogP contribution >= 0.6 is 9.69 Å². The van der Waals surface area contributed by atoms with Gasteiger partial charge in [0.05, 0.1) is 0 Å². The number of hydrogen-bond donors (Lipinski definition) is 0. The van der Waals surface area contributed by atoms with Gasteiger partial charge in [0.1, 0.15) is 0 Å². The molecular formula is C21H22ClNRu. The SMILES string of the molecule is C[C]1[CH][CH][C](C(C)C)[CH][CH]1.[Cl][Ru+].[c-]1ccccc1-c1ccccn1. The minimum atomic E-state index is 0.653. The number of nitrogens with zero attached hydrogens (tertiary/aromatic N) is 1. The summed E-state index contributed by atoms with van der Waals surface area (Å²) in [6.45, 7) is 6.54. The van der Waals surface area contributed by atoms with Crippen molar-refractivity contribution in [3.63, 3.8) is 0 Å². The molecule has 1 nitrogen and oxygen atoms in total. The van der Waals surface area contributed by atoms with E-state index in [2.05, 4.69) is 67.2 Å². The molecule has 1 aliphatic carbocycles. The molecule has 6 radical (unpaired) electrons. The van der Waals surface area contributed by atoms with E-state index in [0.717, 1.165) is 11.3 Å². The maximum Gasteiger partial charge on any atom is 0.0160 e. The first-order valence-electron chi connectivity index (χ1n) is 7.75. The van der Waals surface area contributed by atoms with Gasteiger partial charge >= 0.3 is 27.0 Å². The van der Waals surface area contributed by atoms with Gasteiger partial charge in [-0.25, -0.2) is 0 Å². The summed E-state index contributed by atoms with van der Waals surface area (Å²) in [5.41, 5.74) is 2.01. The van der Waals surface area contributed by atoms with Crippen molar-refractivity contribution in [2.75, 3.05) is 0 Å². The van der Waals surface area contributed by atoms with E-state index >= 15 is 0 Å². The molecule has 2 aromatic rings. The van der Waals surface area contributed by atoms with Crippen molar-refractivity contribution in [1.29, 1.82) is 0 Å². The second-order valence-electron chi connectivity index (χ2n) is 5.56. The molecule has 0 spiro atoms. The van der Waals surface area contributed by atoms with Crippen LogP contribution in [0.1, 0.15) is 20.8 Å². The van der Waals surface area contributed by atoms with E-state index in [1.807, 2.05) is 59.8 Å². The Hall–Kier alpha value is -0.717. The molecule has 1 heterocycles. The van der Waals surface area contributed by atoms with Crippen LogP contribution in [0, 0.1) is 49.5 Å². The van der Waals surface area contributed by atoms with Crippen LogP contribution in [0.3, 0.4) is 0 Å². The van der Waals surface area contributed by atoms with Gasteiger partial charge in [0.15, 0.2) is 0 Å². The molecule has 126 valence electrons. The third kappa shape index (κ3) is 7.90. The molecule has 24 heavy (non-hydrogen) atoms. The normalized spacial score (nSPS) is 15.1. The zero-order chi connectivity index (χ0) is 17.8. The summed E-state index contributed by atoms with van der Waals surface area (Å²) < 4.78 is 0. The quantitative estimate of drug-likeness (QED) is 0.433. The largest absolute Gasteiger partial charge is 0.305 e. The van der Waals surface area contributed by atoms with Gasteiger partial charge in [0.25, 0.3) is 0 Å². The number of aromatic nitrogens is 1. The minimum Gasteiger partial charge on any atom is -0.305 e. The molecule has 0 aliphatic heterocycles. The fraction of sp³-hybridized carbons (Fsp3) is 0.190. The summed E-state index contributed by atoms with van der Waals surface area (Å²) in [6.07, 6.45) is 10.5. The standard InChI is InChI=1S/C11H8N.C10H14.ClH.Ru/c1-2-6-10(7-3-1)11-8-4-5-9-12-11;1-8(2)10-6-4-9(3)5-7-10;;/h1-6,8-9H;4-8H,1-3H3;1H;/q-1;;;+2/p-1. The predicted octanol–water partition coefficient (Wildman–Crippen LogP) is 5.88. The van der Waals surface area contributed by atoms with Crippen LogP contribution in [0.4, 0.5) is 0 Å². The van der Waals surface area contributed by atoms with Crippen molar-refractivity contribution in [3.8, 4) is 11.3 Å². The summed E-state index contributed by atoms with van der Waals surface area (Å²) in [7, 11) is 4.57. The molecule has 1 aromatic heterocycles. The summed E-state index contributed by atoms with van der Waals surface area (Å²) in [5, 5.41) is 0. The Labute approximate surface area is 162 Å². The molecule has 0 saturated heterocycles. The molecule has 1 fully saturated rings. The van der Waals surface area contributed by atoms with Crippen LogP contribution in [0.5, 0.6) is 0 Å². The van der Waals surface area contributed by atoms with Crippen molar-refractivity contribution in [3.05, 3.63) is 92.2 Å². The maximum atomic E-state index is 4.57. The molecule has 3 heteroatoms. The van der Waals surface area contributed by atoms with Crippen LogP contribution in [0.2, 0.25) is 0 Å². The van der Waals surface area contributed by atoms with Crippen LogP contribution < -0.4 is 0 Å². The second-order valence-corrected chi connectivity index (χ2v) is 5.56. The zero-order valence-electron chi connectivity index (χ0n) is 14.2. The van der Waals surface area contributed by atoms with Gasteiger partial charge < -0.3 is 4.98 Å². The van der Waals surface area contributed by atoms with E-state index in [-0.39, 0.29) is 0 Å². The third-order valence-electron chi connectivity index (χ3n) is 3.39. The van der Waals surface area contributed by atoms with Crippen molar-refractivity contribution in [2.24, 2.45) is 5.92 Å². The second kappa shape index (κ2) is 12.6. The van der Waals surface area contributed by atoms with Gasteiger partial charge in [-0.15, -0.1) is 35.9 Å². The Morgan fingerprint density at radius 2 is 1.62 bits per heavy atom. The van der Waals surface area contributed by atoms with Gasteiger partial charge in [-0.2, -0.15) is 0 Å². The number of rotatable bonds is 2. The Morgan fingerprint density at radius 3 is 2.12 bits per heavy atom. The van der Waals surface area contributed by atoms with E-state index in [1.165, 1.54) is 11.8 Å². The topological polar surface area (TPSA) is 12.9 Å². The van der Waals surface area contributed by atoms with E-state index in [4.69, 9.17) is 0 Å². The van der Waals surface area contributed by atoms with E-state index in [9.17, 15) is 0 Å². The monoisotopic (exact) mass is 425 g/mol. The Morgan fingerprint density at radius 1 is 0.958 bits per heavy atom. The average molecular weight is 425 g/mol. The molecule has 3 rings (SSSR count). The van der Waals surface area contributed by atoms with E-state index < -0.39 is 0 Å². The average Bonchev–Trinajstić information content (AvgIpc) is 2.66. The third-order valence-corrected chi connectivity index (χ3v) is 3.39. The van der Waals surface area contributed by atoms with E-state index in [1.54, 1.807) is 6.20 Å². The molecule has 1 saturated carbocycles. The summed E-state index contributed by atoms with van der Waals surface area (Å²) in [5.74, 6) is 3.41. The predicted molar refractivity (Wildman–Crippen MR) is 98.6 cm³/mol. The van der Waals surface area contributed by atoms with Crippen molar-refractivity contribution < 1.29 is 17.3 Å². The first-order valence-corrected chi connectivity index (χ1v) is 9.98. The van der Waals surface area contributed by atoms with E-state index in [0.29, 0.717) is 5.92 Å². The van der Waals surface area contributed by atoms with Crippen LogP contribution in [-0.4, -0.2) is 4.98 Å². The molecule has 1 aromatic carbocycles. The molecule has 0 bridgehead atoms. The number of halogens is 1. The van der Waals surface area contributed by atoms with Crippen LogP contribution in [0.25, 0.3) is 11.3 Å². The molecule has 0 unspecified atom stereocenters. The van der Waals surface area contributed by atoms with Crippen LogP contribution in [-0.2, 0) is 17.3 Å². The molecule has 0 amide bonds. The maximum absolute atomic E-state index is 4.57. The Kier molecular flexibility index (Phi) is 11.2. The Balaban J connectivity index is 0.000000221.